The second kappa shape index (κ2) is 9.22. The predicted molar refractivity (Wildman–Crippen MR) is 121 cm³/mol. The van der Waals surface area contributed by atoms with Crippen molar-refractivity contribution in [3.63, 3.8) is 0 Å². The Morgan fingerprint density at radius 2 is 1.78 bits per heavy atom. The van der Waals surface area contributed by atoms with Gasteiger partial charge in [0.05, 0.1) is 14.2 Å². The number of halogens is 1. The number of ether oxygens (including phenoxy) is 2. The second-order valence-electron chi connectivity index (χ2n) is 7.69. The molecule has 1 aliphatic rings. The highest BCUT2D eigenvalue weighted by molar-refractivity contribution is 6.31. The maximum Gasteiger partial charge on any atom is 0.327 e. The average molecular weight is 457 g/mol. The van der Waals surface area contributed by atoms with Crippen molar-refractivity contribution in [2.45, 2.75) is 13.0 Å². The lowest BCUT2D eigenvalue weighted by Crippen LogP contribution is -2.51. The van der Waals surface area contributed by atoms with Gasteiger partial charge in [0.2, 0.25) is 0 Å². The zero-order valence-electron chi connectivity index (χ0n) is 18.3. The van der Waals surface area contributed by atoms with E-state index in [-0.39, 0.29) is 11.9 Å². The number of carbonyl (C=O) groups is 2. The highest BCUT2D eigenvalue weighted by Crippen LogP contribution is 2.32. The van der Waals surface area contributed by atoms with Gasteiger partial charge >= 0.3 is 5.97 Å². The van der Waals surface area contributed by atoms with Crippen LogP contribution in [0.3, 0.4) is 0 Å². The van der Waals surface area contributed by atoms with Gasteiger partial charge in [-0.3, -0.25) is 9.69 Å². The summed E-state index contributed by atoms with van der Waals surface area (Å²) in [5, 5.41) is 1.37. The van der Waals surface area contributed by atoms with Gasteiger partial charge in [0, 0.05) is 42.2 Å². The predicted octanol–water partition coefficient (Wildman–Crippen LogP) is 4.08. The third-order valence-corrected chi connectivity index (χ3v) is 6.27. The topological polar surface area (TPSA) is 72.2 Å². The number of carbonyl (C=O) groups excluding carboxylic acids is 2. The molecule has 32 heavy (non-hydrogen) atoms. The van der Waals surface area contributed by atoms with Crippen LogP contribution >= 0.6 is 11.6 Å². The summed E-state index contributed by atoms with van der Waals surface area (Å²) >= 11 is 6.36. The van der Waals surface area contributed by atoms with Gasteiger partial charge in [0.1, 0.15) is 17.4 Å². The van der Waals surface area contributed by atoms with E-state index in [9.17, 15) is 9.59 Å². The molecule has 0 N–H and O–H groups in total. The number of esters is 1. The monoisotopic (exact) mass is 456 g/mol. The molecule has 8 heteroatoms. The van der Waals surface area contributed by atoms with E-state index < -0.39 is 6.04 Å². The van der Waals surface area contributed by atoms with E-state index in [0.29, 0.717) is 53.9 Å². The summed E-state index contributed by atoms with van der Waals surface area (Å²) < 4.78 is 16.2. The Bertz CT molecular complexity index is 1150. The minimum atomic E-state index is -0.619. The summed E-state index contributed by atoms with van der Waals surface area (Å²) in [5.41, 5.74) is 2.13. The molecule has 0 saturated carbocycles. The number of amides is 1. The molecule has 1 atom stereocenters. The Morgan fingerprint density at radius 1 is 1.06 bits per heavy atom. The first-order valence-corrected chi connectivity index (χ1v) is 10.7. The SMILES string of the molecule is COC(=O)C(c1ccccc1Cl)N1CCN(C(=O)c2oc3ccc(OC)cc3c2C)CC1. The highest BCUT2D eigenvalue weighted by Gasteiger charge is 2.34. The fraction of sp³-hybridized carbons (Fsp3) is 0.333. The zero-order valence-corrected chi connectivity index (χ0v) is 19.0. The van der Waals surface area contributed by atoms with Gasteiger partial charge in [0.15, 0.2) is 5.76 Å². The first-order chi connectivity index (χ1) is 15.4. The van der Waals surface area contributed by atoms with Gasteiger partial charge in [-0.25, -0.2) is 4.79 Å². The number of aryl methyl sites for hydroxylation is 1. The van der Waals surface area contributed by atoms with E-state index >= 15 is 0 Å². The van der Waals surface area contributed by atoms with Gasteiger partial charge in [-0.15, -0.1) is 0 Å². The van der Waals surface area contributed by atoms with Crippen molar-refractivity contribution in [1.82, 2.24) is 9.80 Å². The molecule has 0 spiro atoms. The number of fused-ring (bicyclic) bond motifs is 1. The van der Waals surface area contributed by atoms with Crippen LogP contribution in [0, 0.1) is 6.92 Å². The number of furan rings is 1. The van der Waals surface area contributed by atoms with Crippen LogP contribution in [0.4, 0.5) is 0 Å². The molecule has 1 aromatic heterocycles. The van der Waals surface area contributed by atoms with Gasteiger partial charge in [-0.1, -0.05) is 29.8 Å². The lowest BCUT2D eigenvalue weighted by molar-refractivity contribution is -0.148. The Labute approximate surface area is 191 Å². The second-order valence-corrected chi connectivity index (χ2v) is 8.10. The van der Waals surface area contributed by atoms with E-state index in [1.807, 2.05) is 36.1 Å². The van der Waals surface area contributed by atoms with Crippen LogP contribution in [-0.4, -0.2) is 62.1 Å². The summed E-state index contributed by atoms with van der Waals surface area (Å²) in [6.07, 6.45) is 0. The smallest absolute Gasteiger partial charge is 0.327 e. The highest BCUT2D eigenvalue weighted by atomic mass is 35.5. The van der Waals surface area contributed by atoms with Crippen molar-refractivity contribution < 1.29 is 23.5 Å². The molecule has 2 aromatic carbocycles. The van der Waals surface area contributed by atoms with E-state index in [4.69, 9.17) is 25.5 Å². The summed E-state index contributed by atoms with van der Waals surface area (Å²) in [4.78, 5) is 29.5. The molecule has 1 saturated heterocycles. The Balaban J connectivity index is 1.52. The first kappa shape index (κ1) is 22.2. The molecule has 1 amide bonds. The molecule has 1 unspecified atom stereocenters. The van der Waals surface area contributed by atoms with Crippen LogP contribution < -0.4 is 4.74 Å². The molecule has 0 aliphatic carbocycles. The van der Waals surface area contributed by atoms with Gasteiger partial charge in [-0.05, 0) is 36.8 Å². The molecular weight excluding hydrogens is 432 g/mol. The number of piperazine rings is 1. The van der Waals surface area contributed by atoms with Crippen LogP contribution in [0.15, 0.2) is 46.9 Å². The molecule has 0 bridgehead atoms. The quantitative estimate of drug-likeness (QED) is 0.539. The van der Waals surface area contributed by atoms with Crippen LogP contribution in [0.25, 0.3) is 11.0 Å². The van der Waals surface area contributed by atoms with Crippen LogP contribution in [-0.2, 0) is 9.53 Å². The van der Waals surface area contributed by atoms with Gasteiger partial charge < -0.3 is 18.8 Å². The number of hydrogen-bond donors (Lipinski definition) is 0. The third kappa shape index (κ3) is 4.06. The van der Waals surface area contributed by atoms with Crippen molar-refractivity contribution in [2.24, 2.45) is 0 Å². The minimum absolute atomic E-state index is 0.162. The Kier molecular flexibility index (Phi) is 6.39. The summed E-state index contributed by atoms with van der Waals surface area (Å²) in [6.45, 7) is 3.79. The lowest BCUT2D eigenvalue weighted by Gasteiger charge is -2.38. The molecule has 168 valence electrons. The molecule has 4 rings (SSSR count). The van der Waals surface area contributed by atoms with Gasteiger partial charge in [-0.2, -0.15) is 0 Å². The maximum atomic E-state index is 13.2. The molecular formula is C24H25ClN2O5. The standard InChI is InChI=1S/C24H25ClN2O5/c1-15-18-14-16(30-2)8-9-20(18)32-22(15)23(28)27-12-10-26(11-13-27)21(24(29)31-3)17-6-4-5-7-19(17)25/h4-9,14,21H,10-13H2,1-3H3. The summed E-state index contributed by atoms with van der Waals surface area (Å²) in [7, 11) is 2.97. The number of benzene rings is 2. The van der Waals surface area contributed by atoms with Crippen molar-refractivity contribution in [3.8, 4) is 5.75 Å². The largest absolute Gasteiger partial charge is 0.497 e. The minimum Gasteiger partial charge on any atom is -0.497 e. The summed E-state index contributed by atoms with van der Waals surface area (Å²) in [5.74, 6) is 0.504. The lowest BCUT2D eigenvalue weighted by atomic mass is 10.0. The van der Waals surface area contributed by atoms with E-state index in [1.165, 1.54) is 7.11 Å². The molecule has 2 heterocycles. The number of nitrogens with zero attached hydrogens (tertiary/aromatic N) is 2. The zero-order chi connectivity index (χ0) is 22.8. The number of methoxy groups -OCH3 is 2. The van der Waals surface area contributed by atoms with Gasteiger partial charge in [0.25, 0.3) is 5.91 Å². The van der Waals surface area contributed by atoms with Crippen LogP contribution in [0.5, 0.6) is 5.75 Å². The number of rotatable bonds is 5. The Hall–Kier alpha value is -3.03. The van der Waals surface area contributed by atoms with Crippen molar-refractivity contribution in [2.75, 3.05) is 40.4 Å². The first-order valence-electron chi connectivity index (χ1n) is 10.4. The molecule has 3 aromatic rings. The maximum absolute atomic E-state index is 13.2. The molecule has 0 radical (unpaired) electrons. The number of hydrogen-bond acceptors (Lipinski definition) is 6. The molecule has 7 nitrogen and oxygen atoms in total. The fourth-order valence-corrected chi connectivity index (χ4v) is 4.38. The van der Waals surface area contributed by atoms with Crippen LogP contribution in [0.1, 0.15) is 27.7 Å². The van der Waals surface area contributed by atoms with Crippen LogP contribution in [0.2, 0.25) is 5.02 Å². The van der Waals surface area contributed by atoms with Crippen molar-refractivity contribution in [3.05, 3.63) is 64.4 Å². The van der Waals surface area contributed by atoms with E-state index in [1.54, 1.807) is 30.2 Å². The molecule has 1 fully saturated rings. The fourth-order valence-electron chi connectivity index (χ4n) is 4.14. The Morgan fingerprint density at radius 3 is 2.44 bits per heavy atom. The molecule has 1 aliphatic heterocycles. The summed E-state index contributed by atoms with van der Waals surface area (Å²) in [6, 6.07) is 12.1. The normalized spacial score (nSPS) is 15.6. The third-order valence-electron chi connectivity index (χ3n) is 5.93. The van der Waals surface area contributed by atoms with Crippen molar-refractivity contribution in [1.29, 1.82) is 0 Å². The van der Waals surface area contributed by atoms with Crippen molar-refractivity contribution >= 4 is 34.4 Å². The van der Waals surface area contributed by atoms with E-state index in [0.717, 1.165) is 10.9 Å². The van der Waals surface area contributed by atoms with E-state index in [2.05, 4.69) is 0 Å². The average Bonchev–Trinajstić information content (AvgIpc) is 3.16.